The molecule has 0 aliphatic carbocycles. The van der Waals surface area contributed by atoms with Crippen molar-refractivity contribution in [2.24, 2.45) is 0 Å². The number of aliphatic hydroxyl groups is 2. The maximum Gasteiger partial charge on any atom is 0.119 e. The van der Waals surface area contributed by atoms with Gasteiger partial charge in [-0.15, -0.1) is 12.4 Å². The maximum absolute atomic E-state index is 10.2. The van der Waals surface area contributed by atoms with E-state index in [0.29, 0.717) is 13.2 Å². The van der Waals surface area contributed by atoms with Gasteiger partial charge >= 0.3 is 0 Å². The van der Waals surface area contributed by atoms with Gasteiger partial charge in [0, 0.05) is 39.3 Å². The number of hydrogen-bond acceptors (Lipinski definition) is 5. The van der Waals surface area contributed by atoms with E-state index >= 15 is 0 Å². The van der Waals surface area contributed by atoms with Gasteiger partial charge in [-0.1, -0.05) is 42.5 Å². The van der Waals surface area contributed by atoms with Crippen molar-refractivity contribution in [2.75, 3.05) is 52.5 Å². The Morgan fingerprint density at radius 3 is 2.07 bits per heavy atom. The highest BCUT2D eigenvalue weighted by Crippen LogP contribution is 2.22. The van der Waals surface area contributed by atoms with Crippen LogP contribution in [0.2, 0.25) is 0 Å². The predicted molar refractivity (Wildman–Crippen MR) is 111 cm³/mol. The number of piperazine rings is 1. The molecule has 0 aromatic heterocycles. The number of β-amino-alcohol motifs (C(OH)–C–C–N with tert-alkyl or cyclic N) is 2. The first-order valence-corrected chi connectivity index (χ1v) is 9.26. The Kier molecular flexibility index (Phi) is 9.04. The number of benzene rings is 2. The monoisotopic (exact) mass is 392 g/mol. The van der Waals surface area contributed by atoms with Crippen molar-refractivity contribution in [3.8, 4) is 16.9 Å². The van der Waals surface area contributed by atoms with Crippen LogP contribution in [-0.2, 0) is 0 Å². The van der Waals surface area contributed by atoms with Crippen LogP contribution in [0, 0.1) is 0 Å². The lowest BCUT2D eigenvalue weighted by atomic mass is 10.1. The Balaban J connectivity index is 0.00000261. The van der Waals surface area contributed by atoms with E-state index in [4.69, 9.17) is 9.84 Å². The van der Waals surface area contributed by atoms with Crippen molar-refractivity contribution < 1.29 is 14.9 Å². The molecule has 1 unspecified atom stereocenters. The zero-order valence-electron chi connectivity index (χ0n) is 15.5. The van der Waals surface area contributed by atoms with Crippen molar-refractivity contribution in [3.63, 3.8) is 0 Å². The zero-order chi connectivity index (χ0) is 18.2. The van der Waals surface area contributed by atoms with Crippen LogP contribution in [0.1, 0.15) is 0 Å². The van der Waals surface area contributed by atoms with Crippen molar-refractivity contribution in [2.45, 2.75) is 6.10 Å². The molecule has 1 fully saturated rings. The summed E-state index contributed by atoms with van der Waals surface area (Å²) in [6.45, 7) is 5.57. The highest BCUT2D eigenvalue weighted by atomic mass is 35.5. The van der Waals surface area contributed by atoms with Gasteiger partial charge in [0.2, 0.25) is 0 Å². The van der Waals surface area contributed by atoms with Gasteiger partial charge in [0.15, 0.2) is 0 Å². The summed E-state index contributed by atoms with van der Waals surface area (Å²) in [6.07, 6.45) is -0.506. The minimum Gasteiger partial charge on any atom is -0.491 e. The van der Waals surface area contributed by atoms with Gasteiger partial charge in [-0.05, 0) is 23.3 Å². The highest BCUT2D eigenvalue weighted by molar-refractivity contribution is 5.85. The van der Waals surface area contributed by atoms with E-state index in [1.165, 1.54) is 5.56 Å². The number of halogens is 1. The second-order valence-corrected chi connectivity index (χ2v) is 6.72. The highest BCUT2D eigenvalue weighted by Gasteiger charge is 2.19. The Morgan fingerprint density at radius 1 is 0.852 bits per heavy atom. The van der Waals surface area contributed by atoms with Crippen LogP contribution in [0.15, 0.2) is 54.6 Å². The fourth-order valence-electron chi connectivity index (χ4n) is 3.25. The van der Waals surface area contributed by atoms with Crippen molar-refractivity contribution in [1.82, 2.24) is 9.80 Å². The first kappa shape index (κ1) is 21.7. The first-order chi connectivity index (χ1) is 12.7. The molecule has 1 saturated heterocycles. The molecule has 5 nitrogen and oxygen atoms in total. The summed E-state index contributed by atoms with van der Waals surface area (Å²) in [7, 11) is 0. The average Bonchev–Trinajstić information content (AvgIpc) is 2.69. The third kappa shape index (κ3) is 6.79. The lowest BCUT2D eigenvalue weighted by Crippen LogP contribution is -2.49. The van der Waals surface area contributed by atoms with Crippen LogP contribution in [0.3, 0.4) is 0 Å². The van der Waals surface area contributed by atoms with Crippen molar-refractivity contribution in [1.29, 1.82) is 0 Å². The van der Waals surface area contributed by atoms with E-state index in [-0.39, 0.29) is 19.0 Å². The fraction of sp³-hybridized carbons (Fsp3) is 0.429. The molecule has 2 N–H and O–H groups in total. The molecule has 6 heteroatoms. The maximum atomic E-state index is 10.2. The molecular weight excluding hydrogens is 364 g/mol. The molecule has 1 heterocycles. The normalized spacial score (nSPS) is 16.5. The zero-order valence-corrected chi connectivity index (χ0v) is 16.4. The van der Waals surface area contributed by atoms with Crippen LogP contribution in [0.5, 0.6) is 5.75 Å². The topological polar surface area (TPSA) is 56.2 Å². The Bertz CT molecular complexity index is 646. The summed E-state index contributed by atoms with van der Waals surface area (Å²) >= 11 is 0. The van der Waals surface area contributed by atoms with Gasteiger partial charge in [0.25, 0.3) is 0 Å². The molecule has 148 valence electrons. The molecule has 0 saturated carbocycles. The van der Waals surface area contributed by atoms with Crippen LogP contribution in [0.4, 0.5) is 0 Å². The standard InChI is InChI=1S/C21H28N2O3.ClH/c24-15-14-22-10-12-23(13-11-22)16-20(25)17-26-21-8-6-19(7-9-21)18-4-2-1-3-5-18;/h1-9,20,24-25H,10-17H2;1H. The van der Waals surface area contributed by atoms with E-state index in [1.807, 2.05) is 42.5 Å². The van der Waals surface area contributed by atoms with Crippen LogP contribution >= 0.6 is 12.4 Å². The summed E-state index contributed by atoms with van der Waals surface area (Å²) in [5.74, 6) is 0.775. The molecule has 1 aliphatic rings. The van der Waals surface area contributed by atoms with E-state index in [0.717, 1.165) is 44.0 Å². The number of ether oxygens (including phenoxy) is 1. The quantitative estimate of drug-likeness (QED) is 0.720. The fourth-order valence-corrected chi connectivity index (χ4v) is 3.25. The Hall–Kier alpha value is -1.63. The molecule has 1 atom stereocenters. The second-order valence-electron chi connectivity index (χ2n) is 6.72. The minimum absolute atomic E-state index is 0. The SMILES string of the molecule is Cl.OCCN1CCN(CC(O)COc2ccc(-c3ccccc3)cc2)CC1. The molecular formula is C21H29ClN2O3. The van der Waals surface area contributed by atoms with E-state index in [1.54, 1.807) is 0 Å². The molecule has 27 heavy (non-hydrogen) atoms. The molecule has 2 aromatic carbocycles. The largest absolute Gasteiger partial charge is 0.491 e. The third-order valence-electron chi connectivity index (χ3n) is 4.75. The van der Waals surface area contributed by atoms with Gasteiger partial charge in [-0.3, -0.25) is 9.80 Å². The molecule has 0 radical (unpaired) electrons. The summed E-state index contributed by atoms with van der Waals surface area (Å²) in [4.78, 5) is 4.49. The lowest BCUT2D eigenvalue weighted by Gasteiger charge is -2.35. The number of aliphatic hydroxyl groups excluding tert-OH is 2. The summed E-state index contributed by atoms with van der Waals surface area (Å²) in [5, 5.41) is 19.2. The van der Waals surface area contributed by atoms with E-state index in [2.05, 4.69) is 21.9 Å². The third-order valence-corrected chi connectivity index (χ3v) is 4.75. The summed E-state index contributed by atoms with van der Waals surface area (Å²) in [6, 6.07) is 18.2. The Morgan fingerprint density at radius 2 is 1.44 bits per heavy atom. The molecule has 1 aliphatic heterocycles. The average molecular weight is 393 g/mol. The van der Waals surface area contributed by atoms with Gasteiger partial charge in [-0.2, -0.15) is 0 Å². The van der Waals surface area contributed by atoms with Crippen molar-refractivity contribution in [3.05, 3.63) is 54.6 Å². The van der Waals surface area contributed by atoms with E-state index in [9.17, 15) is 5.11 Å². The van der Waals surface area contributed by atoms with Gasteiger partial charge in [0.1, 0.15) is 18.5 Å². The van der Waals surface area contributed by atoms with Crippen LogP contribution in [0.25, 0.3) is 11.1 Å². The van der Waals surface area contributed by atoms with E-state index < -0.39 is 6.10 Å². The van der Waals surface area contributed by atoms with Gasteiger partial charge in [-0.25, -0.2) is 0 Å². The number of hydrogen-bond donors (Lipinski definition) is 2. The van der Waals surface area contributed by atoms with Crippen molar-refractivity contribution >= 4 is 12.4 Å². The molecule has 3 rings (SSSR count). The van der Waals surface area contributed by atoms with Gasteiger partial charge < -0.3 is 14.9 Å². The molecule has 0 amide bonds. The number of nitrogens with zero attached hydrogens (tertiary/aromatic N) is 2. The molecule has 2 aromatic rings. The Labute approximate surface area is 167 Å². The first-order valence-electron chi connectivity index (χ1n) is 9.26. The minimum atomic E-state index is -0.506. The smallest absolute Gasteiger partial charge is 0.119 e. The predicted octanol–water partition coefficient (Wildman–Crippen LogP) is 2.12. The summed E-state index contributed by atoms with van der Waals surface area (Å²) < 4.78 is 5.74. The lowest BCUT2D eigenvalue weighted by molar-refractivity contribution is 0.0428. The molecule has 0 spiro atoms. The molecule has 0 bridgehead atoms. The van der Waals surface area contributed by atoms with Crippen LogP contribution < -0.4 is 4.74 Å². The van der Waals surface area contributed by atoms with Gasteiger partial charge in [0.05, 0.1) is 6.61 Å². The van der Waals surface area contributed by atoms with Crippen LogP contribution in [-0.4, -0.2) is 78.6 Å². The summed E-state index contributed by atoms with van der Waals surface area (Å²) in [5.41, 5.74) is 2.33. The second kappa shape index (κ2) is 11.3. The number of rotatable bonds is 8.